The van der Waals surface area contributed by atoms with Crippen molar-refractivity contribution in [2.24, 2.45) is 0 Å². The van der Waals surface area contributed by atoms with Crippen LogP contribution in [0.2, 0.25) is 0 Å². The highest BCUT2D eigenvalue weighted by Crippen LogP contribution is 2.27. The molecule has 0 spiro atoms. The van der Waals surface area contributed by atoms with Crippen molar-refractivity contribution < 1.29 is 9.90 Å². The Balaban J connectivity index is 1.85. The van der Waals surface area contributed by atoms with E-state index in [1.165, 1.54) is 17.3 Å². The predicted octanol–water partition coefficient (Wildman–Crippen LogP) is 2.73. The Labute approximate surface area is 117 Å². The molecule has 3 rings (SSSR count). The molecule has 0 radical (unpaired) electrons. The second kappa shape index (κ2) is 5.33. The first-order chi connectivity index (χ1) is 9.74. The number of aryl methyl sites for hydroxylation is 1. The number of carbonyl (C=O) groups is 1. The van der Waals surface area contributed by atoms with Gasteiger partial charge in [0.2, 0.25) is 0 Å². The summed E-state index contributed by atoms with van der Waals surface area (Å²) in [6.07, 6.45) is 3.79. The van der Waals surface area contributed by atoms with E-state index < -0.39 is 5.97 Å². The summed E-state index contributed by atoms with van der Waals surface area (Å²) in [7, 11) is 0. The molecule has 1 N–H and O–H groups in total. The third kappa shape index (κ3) is 2.50. The maximum atomic E-state index is 11.0. The molecular formula is C16H16N2O2. The van der Waals surface area contributed by atoms with Crippen molar-refractivity contribution >= 4 is 11.7 Å². The molecule has 4 nitrogen and oxygen atoms in total. The van der Waals surface area contributed by atoms with E-state index in [2.05, 4.69) is 28.1 Å². The molecule has 0 bridgehead atoms. The van der Waals surface area contributed by atoms with Crippen LogP contribution in [0.4, 0.5) is 5.69 Å². The lowest BCUT2D eigenvalue weighted by Gasteiger charge is -2.31. The molecule has 0 amide bonds. The molecule has 0 saturated heterocycles. The lowest BCUT2D eigenvalue weighted by molar-refractivity contribution is 0.0696. The largest absolute Gasteiger partial charge is 0.478 e. The fourth-order valence-corrected chi connectivity index (χ4v) is 2.67. The lowest BCUT2D eigenvalue weighted by Crippen LogP contribution is -2.29. The minimum atomic E-state index is -0.910. The summed E-state index contributed by atoms with van der Waals surface area (Å²) >= 11 is 0. The third-order valence-electron chi connectivity index (χ3n) is 3.62. The number of nitrogens with zero attached hydrogens (tertiary/aromatic N) is 2. The number of aromatic nitrogens is 1. The molecule has 0 unspecified atom stereocenters. The third-order valence-corrected chi connectivity index (χ3v) is 3.62. The van der Waals surface area contributed by atoms with E-state index in [4.69, 9.17) is 5.11 Å². The number of rotatable bonds is 3. The number of hydrogen-bond acceptors (Lipinski definition) is 3. The van der Waals surface area contributed by atoms with Gasteiger partial charge >= 0.3 is 5.97 Å². The average molecular weight is 268 g/mol. The highest BCUT2D eigenvalue weighted by Gasteiger charge is 2.17. The molecule has 102 valence electrons. The van der Waals surface area contributed by atoms with Crippen LogP contribution in [0.1, 0.15) is 28.0 Å². The van der Waals surface area contributed by atoms with Gasteiger partial charge in [0.1, 0.15) is 0 Å². The van der Waals surface area contributed by atoms with Crippen LogP contribution in [0.3, 0.4) is 0 Å². The van der Waals surface area contributed by atoms with Gasteiger partial charge < -0.3 is 10.0 Å². The quantitative estimate of drug-likeness (QED) is 0.930. The molecule has 4 heteroatoms. The Hall–Kier alpha value is -2.36. The SMILES string of the molecule is O=C(O)c1ccnc(CN2CCCc3ccccc32)c1. The summed E-state index contributed by atoms with van der Waals surface area (Å²) in [4.78, 5) is 17.6. The topological polar surface area (TPSA) is 53.4 Å². The Morgan fingerprint density at radius 3 is 3.00 bits per heavy atom. The first-order valence-electron chi connectivity index (χ1n) is 6.75. The molecule has 2 heterocycles. The zero-order valence-corrected chi connectivity index (χ0v) is 11.1. The summed E-state index contributed by atoms with van der Waals surface area (Å²) in [5.41, 5.74) is 3.68. The molecule has 2 aromatic rings. The van der Waals surface area contributed by atoms with Gasteiger partial charge in [-0.25, -0.2) is 4.79 Å². The molecule has 1 aromatic heterocycles. The molecule has 0 saturated carbocycles. The average Bonchev–Trinajstić information content (AvgIpc) is 2.48. The van der Waals surface area contributed by atoms with E-state index in [0.29, 0.717) is 12.1 Å². The van der Waals surface area contributed by atoms with Crippen molar-refractivity contribution in [3.05, 3.63) is 59.4 Å². The first kappa shape index (κ1) is 12.7. The number of aromatic carboxylic acids is 1. The highest BCUT2D eigenvalue weighted by molar-refractivity contribution is 5.87. The Bertz CT molecular complexity index is 640. The van der Waals surface area contributed by atoms with Crippen molar-refractivity contribution in [3.8, 4) is 0 Å². The van der Waals surface area contributed by atoms with Gasteiger partial charge in [-0.15, -0.1) is 0 Å². The van der Waals surface area contributed by atoms with Crippen LogP contribution in [-0.2, 0) is 13.0 Å². The van der Waals surface area contributed by atoms with Gasteiger partial charge in [-0.05, 0) is 36.6 Å². The van der Waals surface area contributed by atoms with E-state index in [1.807, 2.05) is 6.07 Å². The maximum absolute atomic E-state index is 11.0. The standard InChI is InChI=1S/C16H16N2O2/c19-16(20)13-7-8-17-14(10-13)11-18-9-3-5-12-4-1-2-6-15(12)18/h1-2,4,6-8,10H,3,5,9,11H2,(H,19,20). The molecule has 1 aromatic carbocycles. The molecule has 1 aliphatic heterocycles. The van der Waals surface area contributed by atoms with E-state index in [0.717, 1.165) is 25.1 Å². The fraction of sp³-hybridized carbons (Fsp3) is 0.250. The van der Waals surface area contributed by atoms with Crippen molar-refractivity contribution in [3.63, 3.8) is 0 Å². The van der Waals surface area contributed by atoms with Gasteiger partial charge in [0.25, 0.3) is 0 Å². The van der Waals surface area contributed by atoms with Crippen molar-refractivity contribution in [2.45, 2.75) is 19.4 Å². The summed E-state index contributed by atoms with van der Waals surface area (Å²) in [6, 6.07) is 11.6. The molecule has 1 aliphatic rings. The van der Waals surface area contributed by atoms with Crippen LogP contribution in [0, 0.1) is 0 Å². The zero-order valence-electron chi connectivity index (χ0n) is 11.1. The van der Waals surface area contributed by atoms with E-state index in [1.54, 1.807) is 12.3 Å². The minimum absolute atomic E-state index is 0.292. The molecule has 20 heavy (non-hydrogen) atoms. The molecule has 0 aliphatic carbocycles. The van der Waals surface area contributed by atoms with Gasteiger partial charge in [0.15, 0.2) is 0 Å². The number of anilines is 1. The summed E-state index contributed by atoms with van der Waals surface area (Å²) in [5, 5.41) is 9.03. The molecule has 0 atom stereocenters. The number of fused-ring (bicyclic) bond motifs is 1. The first-order valence-corrected chi connectivity index (χ1v) is 6.75. The second-order valence-electron chi connectivity index (χ2n) is 4.99. The monoisotopic (exact) mass is 268 g/mol. The van der Waals surface area contributed by atoms with Crippen molar-refractivity contribution in [2.75, 3.05) is 11.4 Å². The Kier molecular flexibility index (Phi) is 3.37. The van der Waals surface area contributed by atoms with Gasteiger partial charge in [-0.1, -0.05) is 18.2 Å². The van der Waals surface area contributed by atoms with Gasteiger partial charge in [-0.2, -0.15) is 0 Å². The Morgan fingerprint density at radius 1 is 1.30 bits per heavy atom. The van der Waals surface area contributed by atoms with Crippen LogP contribution < -0.4 is 4.90 Å². The number of para-hydroxylation sites is 1. The summed E-state index contributed by atoms with van der Waals surface area (Å²) in [6.45, 7) is 1.63. The van der Waals surface area contributed by atoms with Crippen molar-refractivity contribution in [1.82, 2.24) is 4.98 Å². The molecular weight excluding hydrogens is 252 g/mol. The number of carboxylic acid groups (broad SMARTS) is 1. The van der Waals surface area contributed by atoms with Crippen LogP contribution in [-0.4, -0.2) is 22.6 Å². The fourth-order valence-electron chi connectivity index (χ4n) is 2.67. The molecule has 0 fully saturated rings. The van der Waals surface area contributed by atoms with Gasteiger partial charge in [0, 0.05) is 18.4 Å². The van der Waals surface area contributed by atoms with Gasteiger partial charge in [-0.3, -0.25) is 4.98 Å². The maximum Gasteiger partial charge on any atom is 0.335 e. The predicted molar refractivity (Wildman–Crippen MR) is 77.0 cm³/mol. The lowest BCUT2D eigenvalue weighted by atomic mass is 10.0. The van der Waals surface area contributed by atoms with E-state index >= 15 is 0 Å². The number of pyridine rings is 1. The number of carboxylic acids is 1. The minimum Gasteiger partial charge on any atom is -0.478 e. The summed E-state index contributed by atoms with van der Waals surface area (Å²) < 4.78 is 0. The van der Waals surface area contributed by atoms with Gasteiger partial charge in [0.05, 0.1) is 17.8 Å². The second-order valence-corrected chi connectivity index (χ2v) is 4.99. The smallest absolute Gasteiger partial charge is 0.335 e. The number of benzene rings is 1. The number of hydrogen-bond donors (Lipinski definition) is 1. The van der Waals surface area contributed by atoms with Crippen LogP contribution >= 0.6 is 0 Å². The van der Waals surface area contributed by atoms with Crippen molar-refractivity contribution in [1.29, 1.82) is 0 Å². The normalized spacial score (nSPS) is 13.9. The Morgan fingerprint density at radius 2 is 2.15 bits per heavy atom. The van der Waals surface area contributed by atoms with E-state index in [9.17, 15) is 4.79 Å². The van der Waals surface area contributed by atoms with Crippen LogP contribution in [0.25, 0.3) is 0 Å². The highest BCUT2D eigenvalue weighted by atomic mass is 16.4. The zero-order chi connectivity index (χ0) is 13.9. The summed E-state index contributed by atoms with van der Waals surface area (Å²) in [5.74, 6) is -0.910. The van der Waals surface area contributed by atoms with E-state index in [-0.39, 0.29) is 0 Å². The van der Waals surface area contributed by atoms with Crippen LogP contribution in [0.15, 0.2) is 42.6 Å². The van der Waals surface area contributed by atoms with Crippen LogP contribution in [0.5, 0.6) is 0 Å².